The molecular formula is C19H24O2. The summed E-state index contributed by atoms with van der Waals surface area (Å²) in [6.07, 6.45) is 15.8. The van der Waals surface area contributed by atoms with Crippen LogP contribution >= 0.6 is 0 Å². The van der Waals surface area contributed by atoms with E-state index >= 15 is 0 Å². The number of carbonyl (C=O) groups is 1. The molecule has 4 aliphatic rings. The molecule has 3 saturated carbocycles. The van der Waals surface area contributed by atoms with E-state index in [0.717, 1.165) is 50.4 Å². The van der Waals surface area contributed by atoms with E-state index in [9.17, 15) is 9.90 Å². The third kappa shape index (κ3) is 1.94. The first-order valence-electron chi connectivity index (χ1n) is 8.56. The molecular weight excluding hydrogens is 260 g/mol. The van der Waals surface area contributed by atoms with Crippen molar-refractivity contribution < 1.29 is 9.90 Å². The number of hydrogen-bond donors (Lipinski definition) is 1. The van der Waals surface area contributed by atoms with Crippen molar-refractivity contribution in [1.82, 2.24) is 0 Å². The molecule has 0 amide bonds. The molecule has 6 atom stereocenters. The highest BCUT2D eigenvalue weighted by Crippen LogP contribution is 2.58. The lowest BCUT2D eigenvalue weighted by molar-refractivity contribution is -0.115. The normalized spacial score (nSPS) is 48.7. The van der Waals surface area contributed by atoms with Crippen LogP contribution in [0.3, 0.4) is 0 Å². The zero-order valence-electron chi connectivity index (χ0n) is 12.6. The summed E-state index contributed by atoms with van der Waals surface area (Å²) in [6.45, 7) is 0. The van der Waals surface area contributed by atoms with Crippen LogP contribution in [0.5, 0.6) is 0 Å². The minimum Gasteiger partial charge on any atom is -0.377 e. The molecule has 1 N–H and O–H groups in total. The van der Waals surface area contributed by atoms with E-state index < -0.39 is 5.60 Å². The van der Waals surface area contributed by atoms with E-state index in [4.69, 9.17) is 6.42 Å². The van der Waals surface area contributed by atoms with Crippen molar-refractivity contribution in [3.8, 4) is 12.3 Å². The van der Waals surface area contributed by atoms with Crippen LogP contribution < -0.4 is 0 Å². The van der Waals surface area contributed by atoms with E-state index in [1.165, 1.54) is 18.4 Å². The summed E-state index contributed by atoms with van der Waals surface area (Å²) in [4.78, 5) is 11.7. The molecule has 3 fully saturated rings. The number of terminal acetylenes is 1. The van der Waals surface area contributed by atoms with Gasteiger partial charge in [0.25, 0.3) is 0 Å². The summed E-state index contributed by atoms with van der Waals surface area (Å²) in [5.74, 6) is 6.06. The van der Waals surface area contributed by atoms with Crippen molar-refractivity contribution in [2.75, 3.05) is 0 Å². The first kappa shape index (κ1) is 13.6. The second-order valence-corrected chi connectivity index (χ2v) is 7.65. The number of hydrogen-bond acceptors (Lipinski definition) is 2. The molecule has 2 heteroatoms. The smallest absolute Gasteiger partial charge is 0.155 e. The van der Waals surface area contributed by atoms with Gasteiger partial charge in [0.2, 0.25) is 0 Å². The van der Waals surface area contributed by atoms with Crippen LogP contribution in [0.25, 0.3) is 0 Å². The van der Waals surface area contributed by atoms with Crippen molar-refractivity contribution in [2.45, 2.75) is 57.0 Å². The van der Waals surface area contributed by atoms with Gasteiger partial charge in [-0.15, -0.1) is 6.42 Å². The molecule has 0 spiro atoms. The van der Waals surface area contributed by atoms with Crippen LogP contribution in [0.2, 0.25) is 0 Å². The number of fused-ring (bicyclic) bond motifs is 5. The molecule has 21 heavy (non-hydrogen) atoms. The van der Waals surface area contributed by atoms with Crippen molar-refractivity contribution in [1.29, 1.82) is 0 Å². The van der Waals surface area contributed by atoms with Gasteiger partial charge >= 0.3 is 0 Å². The highest BCUT2D eigenvalue weighted by atomic mass is 16.3. The molecule has 0 aromatic carbocycles. The van der Waals surface area contributed by atoms with Gasteiger partial charge < -0.3 is 5.11 Å². The quantitative estimate of drug-likeness (QED) is 0.694. The summed E-state index contributed by atoms with van der Waals surface area (Å²) >= 11 is 0. The largest absolute Gasteiger partial charge is 0.377 e. The topological polar surface area (TPSA) is 37.3 Å². The Balaban J connectivity index is 1.60. The molecule has 0 aromatic heterocycles. The molecule has 0 aliphatic heterocycles. The molecule has 0 heterocycles. The van der Waals surface area contributed by atoms with Crippen LogP contribution in [0.4, 0.5) is 0 Å². The van der Waals surface area contributed by atoms with Crippen LogP contribution in [0.1, 0.15) is 51.4 Å². The third-order valence-electron chi connectivity index (χ3n) is 6.96. The van der Waals surface area contributed by atoms with Crippen molar-refractivity contribution in [3.05, 3.63) is 11.6 Å². The predicted octanol–water partition coefficient (Wildman–Crippen LogP) is 3.10. The maximum Gasteiger partial charge on any atom is 0.155 e. The Labute approximate surface area is 127 Å². The molecule has 0 saturated heterocycles. The second-order valence-electron chi connectivity index (χ2n) is 7.65. The highest BCUT2D eigenvalue weighted by molar-refractivity contribution is 5.91. The fourth-order valence-corrected chi connectivity index (χ4v) is 6.05. The molecule has 0 bridgehead atoms. The Bertz CT molecular complexity index is 540. The third-order valence-corrected chi connectivity index (χ3v) is 6.96. The average molecular weight is 284 g/mol. The Morgan fingerprint density at radius 2 is 1.95 bits per heavy atom. The van der Waals surface area contributed by atoms with Crippen LogP contribution in [0.15, 0.2) is 11.6 Å². The maximum absolute atomic E-state index is 11.7. The van der Waals surface area contributed by atoms with E-state index in [-0.39, 0.29) is 0 Å². The van der Waals surface area contributed by atoms with Gasteiger partial charge in [0.15, 0.2) is 5.78 Å². The van der Waals surface area contributed by atoms with E-state index in [1.807, 2.05) is 6.08 Å². The van der Waals surface area contributed by atoms with Crippen LogP contribution in [-0.2, 0) is 4.79 Å². The first-order valence-corrected chi connectivity index (χ1v) is 8.56. The molecule has 112 valence electrons. The van der Waals surface area contributed by atoms with Gasteiger partial charge in [-0.05, 0) is 74.7 Å². The average Bonchev–Trinajstić information content (AvgIpc) is 2.85. The lowest BCUT2D eigenvalue weighted by atomic mass is 9.55. The van der Waals surface area contributed by atoms with E-state index in [2.05, 4.69) is 5.92 Å². The maximum atomic E-state index is 11.7. The molecule has 0 radical (unpaired) electrons. The molecule has 4 rings (SSSR count). The van der Waals surface area contributed by atoms with E-state index in [1.54, 1.807) is 0 Å². The zero-order chi connectivity index (χ0) is 14.6. The predicted molar refractivity (Wildman–Crippen MR) is 81.3 cm³/mol. The minimum absolute atomic E-state index is 0.319. The van der Waals surface area contributed by atoms with Crippen molar-refractivity contribution in [3.63, 3.8) is 0 Å². The molecule has 0 unspecified atom stereocenters. The van der Waals surface area contributed by atoms with Gasteiger partial charge in [-0.1, -0.05) is 11.5 Å². The Hall–Kier alpha value is -1.07. The minimum atomic E-state index is -0.839. The summed E-state index contributed by atoms with van der Waals surface area (Å²) in [5, 5.41) is 10.7. The van der Waals surface area contributed by atoms with Crippen molar-refractivity contribution >= 4 is 5.78 Å². The van der Waals surface area contributed by atoms with Crippen molar-refractivity contribution in [2.24, 2.45) is 29.6 Å². The standard InChI is InChI=1S/C19H24O2/c1-2-19(21)10-9-17-16-5-3-12-11-13(20)4-6-14(12)15(16)7-8-18(17)19/h1,11,14-18,21H,3-10H2/t14-,15+,16+,17-,18-,19-/m0/s1. The number of allylic oxidation sites excluding steroid dienone is 1. The summed E-state index contributed by atoms with van der Waals surface area (Å²) < 4.78 is 0. The molecule has 0 aromatic rings. The summed E-state index contributed by atoms with van der Waals surface area (Å²) in [5.41, 5.74) is 0.588. The summed E-state index contributed by atoms with van der Waals surface area (Å²) in [7, 11) is 0. The second kappa shape index (κ2) is 4.71. The fraction of sp³-hybridized carbons (Fsp3) is 0.737. The highest BCUT2D eigenvalue weighted by Gasteiger charge is 2.54. The number of rotatable bonds is 0. The van der Waals surface area contributed by atoms with Gasteiger partial charge in [-0.25, -0.2) is 0 Å². The van der Waals surface area contributed by atoms with Gasteiger partial charge in [0.05, 0.1) is 0 Å². The number of aliphatic hydroxyl groups is 1. The Morgan fingerprint density at radius 3 is 2.76 bits per heavy atom. The first-order chi connectivity index (χ1) is 10.1. The van der Waals surface area contributed by atoms with Gasteiger partial charge in [-0.2, -0.15) is 0 Å². The SMILES string of the molecule is C#C[C@]1(O)CC[C@H]2[C@@H]3CCC4=CC(=O)CC[C@@H]4[C@H]3CC[C@@H]21. The monoisotopic (exact) mass is 284 g/mol. The number of ketones is 1. The lowest BCUT2D eigenvalue weighted by Crippen LogP contribution is -2.45. The van der Waals surface area contributed by atoms with Gasteiger partial charge in [0, 0.05) is 12.3 Å². The van der Waals surface area contributed by atoms with Gasteiger partial charge in [-0.3, -0.25) is 4.79 Å². The van der Waals surface area contributed by atoms with Crippen LogP contribution in [0, 0.1) is 41.9 Å². The number of carbonyl (C=O) groups excluding carboxylic acids is 1. The van der Waals surface area contributed by atoms with Gasteiger partial charge in [0.1, 0.15) is 5.60 Å². The Morgan fingerprint density at radius 1 is 1.10 bits per heavy atom. The lowest BCUT2D eigenvalue weighted by Gasteiger charge is -2.50. The van der Waals surface area contributed by atoms with Crippen LogP contribution in [-0.4, -0.2) is 16.5 Å². The van der Waals surface area contributed by atoms with E-state index in [0.29, 0.717) is 23.5 Å². The fourth-order valence-electron chi connectivity index (χ4n) is 6.05. The zero-order valence-corrected chi connectivity index (χ0v) is 12.6. The molecule has 4 aliphatic carbocycles. The Kier molecular flexibility index (Phi) is 3.05. The molecule has 2 nitrogen and oxygen atoms in total. The summed E-state index contributed by atoms with van der Waals surface area (Å²) in [6, 6.07) is 0.